The quantitative estimate of drug-likeness (QED) is 0.820. The average molecular weight is 219 g/mol. The smallest absolute Gasteiger partial charge is 0.227 e. The number of nitrogens with one attached hydrogen (secondary N) is 1. The van der Waals surface area contributed by atoms with Crippen LogP contribution in [0.4, 0.5) is 5.69 Å². The highest BCUT2D eigenvalue weighted by Crippen LogP contribution is 2.28. The summed E-state index contributed by atoms with van der Waals surface area (Å²) in [6.07, 6.45) is 2.66. The van der Waals surface area contributed by atoms with Crippen LogP contribution in [0.3, 0.4) is 0 Å². The van der Waals surface area contributed by atoms with Gasteiger partial charge in [-0.2, -0.15) is 0 Å². The Kier molecular flexibility index (Phi) is 3.25. The van der Waals surface area contributed by atoms with E-state index >= 15 is 0 Å². The van der Waals surface area contributed by atoms with E-state index in [9.17, 15) is 9.90 Å². The Morgan fingerprint density at radius 2 is 2.25 bits per heavy atom. The molecule has 1 aliphatic carbocycles. The minimum Gasteiger partial charge on any atom is -0.389 e. The van der Waals surface area contributed by atoms with Crippen molar-refractivity contribution >= 4 is 11.6 Å². The van der Waals surface area contributed by atoms with Crippen molar-refractivity contribution in [2.75, 3.05) is 5.32 Å². The number of aliphatic hydroxyl groups excluding tert-OH is 1. The molecular formula is C13H17NO2. The summed E-state index contributed by atoms with van der Waals surface area (Å²) in [5, 5.41) is 12.3. The number of aliphatic hydroxyl groups is 1. The van der Waals surface area contributed by atoms with Crippen molar-refractivity contribution in [3.8, 4) is 0 Å². The van der Waals surface area contributed by atoms with Crippen molar-refractivity contribution < 1.29 is 9.90 Å². The fourth-order valence-corrected chi connectivity index (χ4v) is 1.79. The van der Waals surface area contributed by atoms with Gasteiger partial charge in [-0.15, -0.1) is 0 Å². The largest absolute Gasteiger partial charge is 0.389 e. The molecule has 0 saturated heterocycles. The van der Waals surface area contributed by atoms with Crippen LogP contribution >= 0.6 is 0 Å². The molecule has 0 bridgehead atoms. The third-order valence-electron chi connectivity index (χ3n) is 3.11. The third kappa shape index (κ3) is 2.42. The number of carbonyl (C=O) groups is 1. The van der Waals surface area contributed by atoms with E-state index in [4.69, 9.17) is 0 Å². The third-order valence-corrected chi connectivity index (χ3v) is 3.11. The first-order valence-corrected chi connectivity index (χ1v) is 5.75. The number of hydrogen-bond donors (Lipinski definition) is 2. The van der Waals surface area contributed by atoms with Crippen molar-refractivity contribution in [1.82, 2.24) is 0 Å². The fourth-order valence-electron chi connectivity index (χ4n) is 1.79. The zero-order valence-electron chi connectivity index (χ0n) is 9.44. The van der Waals surface area contributed by atoms with Gasteiger partial charge in [-0.25, -0.2) is 0 Å². The first-order valence-electron chi connectivity index (χ1n) is 5.75. The van der Waals surface area contributed by atoms with Crippen LogP contribution in [0.1, 0.15) is 37.9 Å². The van der Waals surface area contributed by atoms with Gasteiger partial charge in [-0.3, -0.25) is 4.79 Å². The average Bonchev–Trinajstić information content (AvgIpc) is 2.15. The van der Waals surface area contributed by atoms with Crippen LogP contribution < -0.4 is 5.32 Å². The zero-order chi connectivity index (χ0) is 11.5. The van der Waals surface area contributed by atoms with E-state index in [2.05, 4.69) is 5.32 Å². The summed E-state index contributed by atoms with van der Waals surface area (Å²) >= 11 is 0. The predicted molar refractivity (Wildman–Crippen MR) is 63.0 cm³/mol. The molecule has 1 aromatic carbocycles. The molecule has 2 rings (SSSR count). The number of anilines is 1. The molecule has 0 spiro atoms. The van der Waals surface area contributed by atoms with Crippen molar-refractivity contribution in [1.29, 1.82) is 0 Å². The number of carbonyl (C=O) groups excluding carboxylic acids is 1. The summed E-state index contributed by atoms with van der Waals surface area (Å²) in [6, 6.07) is 7.37. The molecule has 1 amide bonds. The van der Waals surface area contributed by atoms with Gasteiger partial charge in [0.1, 0.15) is 0 Å². The first kappa shape index (κ1) is 11.1. The highest BCUT2D eigenvalue weighted by molar-refractivity contribution is 5.93. The Morgan fingerprint density at radius 1 is 1.50 bits per heavy atom. The maximum absolute atomic E-state index is 11.7. The van der Waals surface area contributed by atoms with Crippen molar-refractivity contribution in [2.24, 2.45) is 5.92 Å². The second kappa shape index (κ2) is 4.66. The molecule has 1 aliphatic rings. The van der Waals surface area contributed by atoms with Gasteiger partial charge >= 0.3 is 0 Å². The predicted octanol–water partition coefficient (Wildman–Crippen LogP) is 2.48. The summed E-state index contributed by atoms with van der Waals surface area (Å²) in [7, 11) is 0. The number of benzene rings is 1. The lowest BCUT2D eigenvalue weighted by Gasteiger charge is -2.24. The first-order chi connectivity index (χ1) is 7.66. The summed E-state index contributed by atoms with van der Waals surface area (Å²) in [5.41, 5.74) is 1.60. The molecule has 1 unspecified atom stereocenters. The molecule has 3 heteroatoms. The van der Waals surface area contributed by atoms with Crippen LogP contribution in [0.5, 0.6) is 0 Å². The molecular weight excluding hydrogens is 202 g/mol. The van der Waals surface area contributed by atoms with Gasteiger partial charge < -0.3 is 10.4 Å². The van der Waals surface area contributed by atoms with Crippen LogP contribution in [0.15, 0.2) is 24.3 Å². The molecule has 1 fully saturated rings. The van der Waals surface area contributed by atoms with E-state index in [1.807, 2.05) is 24.3 Å². The molecule has 0 heterocycles. The highest BCUT2D eigenvalue weighted by atomic mass is 16.3. The number of rotatable bonds is 3. The van der Waals surface area contributed by atoms with Crippen molar-refractivity contribution in [3.05, 3.63) is 29.8 Å². The molecule has 1 aromatic rings. The summed E-state index contributed by atoms with van der Waals surface area (Å²) in [5.74, 6) is 0.296. The van der Waals surface area contributed by atoms with E-state index in [-0.39, 0.29) is 11.8 Å². The summed E-state index contributed by atoms with van der Waals surface area (Å²) < 4.78 is 0. The monoisotopic (exact) mass is 219 g/mol. The van der Waals surface area contributed by atoms with E-state index in [0.29, 0.717) is 0 Å². The van der Waals surface area contributed by atoms with Gasteiger partial charge in [0, 0.05) is 11.6 Å². The molecule has 0 aliphatic heterocycles. The Hall–Kier alpha value is -1.35. The van der Waals surface area contributed by atoms with Crippen LogP contribution in [0.2, 0.25) is 0 Å². The second-order valence-electron chi connectivity index (χ2n) is 4.42. The molecule has 86 valence electrons. The van der Waals surface area contributed by atoms with Gasteiger partial charge in [-0.05, 0) is 37.5 Å². The summed E-state index contributed by atoms with van der Waals surface area (Å²) in [6.45, 7) is 1.72. The highest BCUT2D eigenvalue weighted by Gasteiger charge is 2.25. The lowest BCUT2D eigenvalue weighted by molar-refractivity contribution is -0.122. The zero-order valence-corrected chi connectivity index (χ0v) is 9.44. The van der Waals surface area contributed by atoms with Gasteiger partial charge in [0.2, 0.25) is 5.91 Å². The van der Waals surface area contributed by atoms with E-state index in [1.54, 1.807) is 6.92 Å². The molecule has 16 heavy (non-hydrogen) atoms. The van der Waals surface area contributed by atoms with Crippen molar-refractivity contribution in [3.63, 3.8) is 0 Å². The lowest BCUT2D eigenvalue weighted by atomic mass is 9.85. The maximum Gasteiger partial charge on any atom is 0.227 e. The molecule has 3 nitrogen and oxygen atoms in total. The maximum atomic E-state index is 11.7. The Bertz CT molecular complexity index is 383. The minimum absolute atomic E-state index is 0.106. The molecule has 1 saturated carbocycles. The Labute approximate surface area is 95.5 Å². The molecule has 1 atom stereocenters. The second-order valence-corrected chi connectivity index (χ2v) is 4.42. The van der Waals surface area contributed by atoms with Gasteiger partial charge in [0.15, 0.2) is 0 Å². The standard InChI is InChI=1S/C13H17NO2/c1-9(15)11-6-3-7-12(8-11)14-13(16)10-4-2-5-10/h3,6-10,15H,2,4-5H2,1H3,(H,14,16). The topological polar surface area (TPSA) is 49.3 Å². The van der Waals surface area contributed by atoms with Gasteiger partial charge in [0.05, 0.1) is 6.10 Å². The SMILES string of the molecule is CC(O)c1cccc(NC(=O)C2CCC2)c1. The molecule has 2 N–H and O–H groups in total. The van der Waals surface area contributed by atoms with E-state index in [0.717, 1.165) is 30.5 Å². The molecule has 0 radical (unpaired) electrons. The Balaban J connectivity index is 2.03. The normalized spacial score (nSPS) is 17.6. The number of hydrogen-bond acceptors (Lipinski definition) is 2. The van der Waals surface area contributed by atoms with Crippen LogP contribution in [0.25, 0.3) is 0 Å². The van der Waals surface area contributed by atoms with Crippen molar-refractivity contribution in [2.45, 2.75) is 32.3 Å². The van der Waals surface area contributed by atoms with E-state index in [1.165, 1.54) is 0 Å². The fraction of sp³-hybridized carbons (Fsp3) is 0.462. The minimum atomic E-state index is -0.499. The van der Waals surface area contributed by atoms with Crippen LogP contribution in [0, 0.1) is 5.92 Å². The van der Waals surface area contributed by atoms with Gasteiger partial charge in [-0.1, -0.05) is 18.6 Å². The number of amides is 1. The van der Waals surface area contributed by atoms with E-state index < -0.39 is 6.10 Å². The lowest BCUT2D eigenvalue weighted by Crippen LogP contribution is -2.28. The Morgan fingerprint density at radius 3 is 2.81 bits per heavy atom. The summed E-state index contributed by atoms with van der Waals surface area (Å²) in [4.78, 5) is 11.7. The van der Waals surface area contributed by atoms with Crippen LogP contribution in [-0.4, -0.2) is 11.0 Å². The van der Waals surface area contributed by atoms with Crippen LogP contribution in [-0.2, 0) is 4.79 Å². The van der Waals surface area contributed by atoms with Gasteiger partial charge in [0.25, 0.3) is 0 Å². The molecule has 0 aromatic heterocycles.